The summed E-state index contributed by atoms with van der Waals surface area (Å²) in [5, 5.41) is 0. The van der Waals surface area contributed by atoms with Gasteiger partial charge in [-0.05, 0) is 30.7 Å². The number of hydrogen-bond acceptors (Lipinski definition) is 6. The van der Waals surface area contributed by atoms with Gasteiger partial charge in [0.15, 0.2) is 0 Å². The summed E-state index contributed by atoms with van der Waals surface area (Å²) < 4.78 is 6.07. The minimum absolute atomic E-state index is 0.270. The third-order valence-electron chi connectivity index (χ3n) is 5.00. The number of nitrogens with zero attached hydrogens (tertiary/aromatic N) is 5. The van der Waals surface area contributed by atoms with Crippen LogP contribution in [0.2, 0.25) is 0 Å². The molecule has 1 atom stereocenters. The number of rotatable bonds is 3. The molecule has 2 aliphatic rings. The van der Waals surface area contributed by atoms with Crippen LogP contribution < -0.4 is 4.90 Å². The summed E-state index contributed by atoms with van der Waals surface area (Å²) in [7, 11) is 0. The SMILES string of the molecule is c1cnc(N2CCC3(CC2)COC(Cc2cnccn2)C3)nc1. The second kappa shape index (κ2) is 6.20. The Hall–Kier alpha value is -2.08. The zero-order chi connectivity index (χ0) is 15.5. The van der Waals surface area contributed by atoms with E-state index in [1.54, 1.807) is 12.4 Å². The normalized spacial score (nSPS) is 23.3. The quantitative estimate of drug-likeness (QED) is 0.862. The van der Waals surface area contributed by atoms with Crippen LogP contribution in [-0.4, -0.2) is 45.7 Å². The van der Waals surface area contributed by atoms with Crippen molar-refractivity contribution >= 4 is 5.95 Å². The predicted octanol–water partition coefficient (Wildman–Crippen LogP) is 1.88. The number of aromatic nitrogens is 4. The van der Waals surface area contributed by atoms with Crippen molar-refractivity contribution in [1.82, 2.24) is 19.9 Å². The molecule has 120 valence electrons. The molecule has 0 radical (unpaired) electrons. The lowest BCUT2D eigenvalue weighted by molar-refractivity contribution is 0.0880. The van der Waals surface area contributed by atoms with Gasteiger partial charge in [-0.2, -0.15) is 0 Å². The Bertz CT molecular complexity index is 628. The molecule has 6 nitrogen and oxygen atoms in total. The fourth-order valence-corrected chi connectivity index (χ4v) is 3.68. The highest BCUT2D eigenvalue weighted by Gasteiger charge is 2.42. The van der Waals surface area contributed by atoms with Gasteiger partial charge in [-0.1, -0.05) is 0 Å². The molecule has 1 spiro atoms. The lowest BCUT2D eigenvalue weighted by atomic mass is 9.76. The monoisotopic (exact) mass is 311 g/mol. The molecule has 0 aromatic carbocycles. The van der Waals surface area contributed by atoms with E-state index < -0.39 is 0 Å². The standard InChI is InChI=1S/C17H21N5O/c1-4-20-16(21-5-1)22-8-2-17(3-9-22)11-15(23-13-17)10-14-12-18-6-7-19-14/h1,4-7,12,15H,2-3,8-11,13H2. The number of anilines is 1. The average Bonchev–Trinajstić information content (AvgIpc) is 2.99. The molecule has 0 bridgehead atoms. The summed E-state index contributed by atoms with van der Waals surface area (Å²) in [5.41, 5.74) is 1.34. The third kappa shape index (κ3) is 3.17. The maximum Gasteiger partial charge on any atom is 0.225 e. The Balaban J connectivity index is 1.35. The van der Waals surface area contributed by atoms with Gasteiger partial charge in [-0.3, -0.25) is 9.97 Å². The van der Waals surface area contributed by atoms with Crippen LogP contribution in [0.25, 0.3) is 0 Å². The summed E-state index contributed by atoms with van der Waals surface area (Å²) >= 11 is 0. The van der Waals surface area contributed by atoms with Crippen molar-refractivity contribution < 1.29 is 4.74 Å². The van der Waals surface area contributed by atoms with E-state index in [1.165, 1.54) is 0 Å². The van der Waals surface area contributed by atoms with Crippen LogP contribution in [0.4, 0.5) is 5.95 Å². The minimum atomic E-state index is 0.270. The van der Waals surface area contributed by atoms with Crippen LogP contribution in [0.3, 0.4) is 0 Å². The molecule has 0 saturated carbocycles. The molecule has 2 aromatic rings. The Morgan fingerprint density at radius 3 is 2.65 bits per heavy atom. The zero-order valence-corrected chi connectivity index (χ0v) is 13.1. The number of ether oxygens (including phenoxy) is 1. The van der Waals surface area contributed by atoms with Crippen LogP contribution >= 0.6 is 0 Å². The molecule has 23 heavy (non-hydrogen) atoms. The van der Waals surface area contributed by atoms with Crippen molar-refractivity contribution in [2.45, 2.75) is 31.8 Å². The highest BCUT2D eigenvalue weighted by molar-refractivity contribution is 5.29. The molecule has 6 heteroatoms. The van der Waals surface area contributed by atoms with Gasteiger partial charge in [0.1, 0.15) is 0 Å². The van der Waals surface area contributed by atoms with Gasteiger partial charge in [0.2, 0.25) is 5.95 Å². The van der Waals surface area contributed by atoms with Crippen molar-refractivity contribution in [3.63, 3.8) is 0 Å². The maximum absolute atomic E-state index is 6.07. The molecule has 2 fully saturated rings. The van der Waals surface area contributed by atoms with Gasteiger partial charge in [0, 0.05) is 50.5 Å². The highest BCUT2D eigenvalue weighted by atomic mass is 16.5. The Labute approximate surface area is 136 Å². The molecule has 0 N–H and O–H groups in total. The predicted molar refractivity (Wildman–Crippen MR) is 86.0 cm³/mol. The van der Waals surface area contributed by atoms with E-state index in [0.717, 1.165) is 57.0 Å². The summed E-state index contributed by atoms with van der Waals surface area (Å²) in [4.78, 5) is 19.5. The smallest absolute Gasteiger partial charge is 0.225 e. The summed E-state index contributed by atoms with van der Waals surface area (Å²) in [6, 6.07) is 1.86. The minimum Gasteiger partial charge on any atom is -0.377 e. The Morgan fingerprint density at radius 1 is 1.09 bits per heavy atom. The van der Waals surface area contributed by atoms with E-state index in [0.29, 0.717) is 5.41 Å². The van der Waals surface area contributed by atoms with E-state index in [-0.39, 0.29) is 6.10 Å². The van der Waals surface area contributed by atoms with E-state index in [4.69, 9.17) is 4.74 Å². The van der Waals surface area contributed by atoms with Crippen LogP contribution in [0.5, 0.6) is 0 Å². The van der Waals surface area contributed by atoms with Crippen molar-refractivity contribution in [3.05, 3.63) is 42.7 Å². The summed E-state index contributed by atoms with van der Waals surface area (Å²) in [6.45, 7) is 2.87. The molecule has 0 amide bonds. The molecule has 0 aliphatic carbocycles. The number of piperidine rings is 1. The highest BCUT2D eigenvalue weighted by Crippen LogP contribution is 2.42. The van der Waals surface area contributed by atoms with Gasteiger partial charge in [-0.15, -0.1) is 0 Å². The van der Waals surface area contributed by atoms with Gasteiger partial charge < -0.3 is 9.64 Å². The van der Waals surface area contributed by atoms with Crippen LogP contribution in [0.15, 0.2) is 37.1 Å². The zero-order valence-electron chi connectivity index (χ0n) is 13.1. The molecule has 2 saturated heterocycles. The Kier molecular flexibility index (Phi) is 3.91. The second-order valence-corrected chi connectivity index (χ2v) is 6.57. The van der Waals surface area contributed by atoms with Crippen molar-refractivity contribution in [3.8, 4) is 0 Å². The number of hydrogen-bond donors (Lipinski definition) is 0. The molecular weight excluding hydrogens is 290 g/mol. The van der Waals surface area contributed by atoms with Crippen LogP contribution in [0.1, 0.15) is 25.0 Å². The molecule has 4 rings (SSSR count). The molecule has 2 aliphatic heterocycles. The fourth-order valence-electron chi connectivity index (χ4n) is 3.68. The average molecular weight is 311 g/mol. The van der Waals surface area contributed by atoms with Gasteiger partial charge in [-0.25, -0.2) is 9.97 Å². The van der Waals surface area contributed by atoms with Crippen LogP contribution in [-0.2, 0) is 11.2 Å². The van der Waals surface area contributed by atoms with E-state index in [2.05, 4.69) is 24.8 Å². The Morgan fingerprint density at radius 2 is 1.91 bits per heavy atom. The van der Waals surface area contributed by atoms with Crippen molar-refractivity contribution in [2.75, 3.05) is 24.6 Å². The first kappa shape index (κ1) is 14.5. The van der Waals surface area contributed by atoms with E-state index in [1.807, 2.05) is 24.7 Å². The third-order valence-corrected chi connectivity index (χ3v) is 5.00. The maximum atomic E-state index is 6.07. The first-order valence-electron chi connectivity index (χ1n) is 8.22. The van der Waals surface area contributed by atoms with Gasteiger partial charge >= 0.3 is 0 Å². The first-order valence-corrected chi connectivity index (χ1v) is 8.22. The molecule has 1 unspecified atom stereocenters. The van der Waals surface area contributed by atoms with E-state index >= 15 is 0 Å². The lowest BCUT2D eigenvalue weighted by Crippen LogP contribution is -2.41. The van der Waals surface area contributed by atoms with E-state index in [9.17, 15) is 0 Å². The molecule has 4 heterocycles. The largest absolute Gasteiger partial charge is 0.377 e. The topological polar surface area (TPSA) is 64.0 Å². The van der Waals surface area contributed by atoms with Crippen molar-refractivity contribution in [1.29, 1.82) is 0 Å². The van der Waals surface area contributed by atoms with Crippen molar-refractivity contribution in [2.24, 2.45) is 5.41 Å². The molecular formula is C17H21N5O. The first-order chi connectivity index (χ1) is 11.3. The fraction of sp³-hybridized carbons (Fsp3) is 0.529. The summed E-state index contributed by atoms with van der Waals surface area (Å²) in [6.07, 6.45) is 13.4. The van der Waals surface area contributed by atoms with Crippen LogP contribution in [0, 0.1) is 5.41 Å². The second-order valence-electron chi connectivity index (χ2n) is 6.57. The summed E-state index contributed by atoms with van der Waals surface area (Å²) in [5.74, 6) is 0.845. The molecule has 2 aromatic heterocycles. The lowest BCUT2D eigenvalue weighted by Gasteiger charge is -2.38. The van der Waals surface area contributed by atoms with Gasteiger partial charge in [0.25, 0.3) is 0 Å². The van der Waals surface area contributed by atoms with Gasteiger partial charge in [0.05, 0.1) is 18.4 Å².